The molecule has 21 heavy (non-hydrogen) atoms. The van der Waals surface area contributed by atoms with Crippen LogP contribution < -0.4 is 4.74 Å². The van der Waals surface area contributed by atoms with Gasteiger partial charge in [0.05, 0.1) is 5.52 Å². The number of thiophene rings is 1. The van der Waals surface area contributed by atoms with E-state index in [4.69, 9.17) is 9.84 Å². The zero-order valence-electron chi connectivity index (χ0n) is 11.4. The second kappa shape index (κ2) is 5.54. The quantitative estimate of drug-likeness (QED) is 0.794. The molecule has 0 bridgehead atoms. The standard InChI is InChI=1S/C16H13NO3S/c1-10-8-14(15(21-10)16(18)19)20-9-11-6-7-17-13-5-3-2-4-12(11)13/h2-8H,9H2,1H3,(H,18,19). The third-order valence-corrected chi connectivity index (χ3v) is 4.16. The number of hydrogen-bond donors (Lipinski definition) is 1. The Hall–Kier alpha value is -2.40. The van der Waals surface area contributed by atoms with Crippen LogP contribution in [-0.4, -0.2) is 16.1 Å². The third-order valence-electron chi connectivity index (χ3n) is 3.14. The van der Waals surface area contributed by atoms with E-state index in [1.807, 2.05) is 37.3 Å². The van der Waals surface area contributed by atoms with Gasteiger partial charge >= 0.3 is 5.97 Å². The highest BCUT2D eigenvalue weighted by molar-refractivity contribution is 7.14. The summed E-state index contributed by atoms with van der Waals surface area (Å²) in [4.78, 5) is 16.6. The summed E-state index contributed by atoms with van der Waals surface area (Å²) in [6.07, 6.45) is 1.73. The van der Waals surface area contributed by atoms with Crippen LogP contribution in [0.15, 0.2) is 42.6 Å². The van der Waals surface area contributed by atoms with Crippen molar-refractivity contribution in [2.24, 2.45) is 0 Å². The second-order valence-electron chi connectivity index (χ2n) is 4.63. The first-order chi connectivity index (χ1) is 10.1. The Balaban J connectivity index is 1.89. The number of para-hydroxylation sites is 1. The molecule has 0 aliphatic carbocycles. The lowest BCUT2D eigenvalue weighted by atomic mass is 10.1. The van der Waals surface area contributed by atoms with Gasteiger partial charge < -0.3 is 9.84 Å². The molecule has 0 fully saturated rings. The van der Waals surface area contributed by atoms with Crippen LogP contribution >= 0.6 is 11.3 Å². The topological polar surface area (TPSA) is 59.4 Å². The molecule has 0 atom stereocenters. The van der Waals surface area contributed by atoms with Gasteiger partial charge in [0.25, 0.3) is 0 Å². The van der Waals surface area contributed by atoms with Gasteiger partial charge in [0.2, 0.25) is 0 Å². The molecule has 2 heterocycles. The number of benzene rings is 1. The Kier molecular flexibility index (Phi) is 3.58. The number of pyridine rings is 1. The number of carbonyl (C=O) groups is 1. The van der Waals surface area contributed by atoms with Crippen molar-refractivity contribution >= 4 is 28.2 Å². The van der Waals surface area contributed by atoms with Crippen molar-refractivity contribution in [3.63, 3.8) is 0 Å². The van der Waals surface area contributed by atoms with Gasteiger partial charge in [-0.05, 0) is 25.1 Å². The Morgan fingerprint density at radius 2 is 2.14 bits per heavy atom. The molecule has 106 valence electrons. The monoisotopic (exact) mass is 299 g/mol. The summed E-state index contributed by atoms with van der Waals surface area (Å²) in [5.41, 5.74) is 1.89. The molecule has 0 radical (unpaired) electrons. The predicted octanol–water partition coefficient (Wildman–Crippen LogP) is 3.88. The van der Waals surface area contributed by atoms with Crippen LogP contribution in [0.3, 0.4) is 0 Å². The van der Waals surface area contributed by atoms with E-state index in [-0.39, 0.29) is 4.88 Å². The fourth-order valence-corrected chi connectivity index (χ4v) is 2.98. The fraction of sp³-hybridized carbons (Fsp3) is 0.125. The summed E-state index contributed by atoms with van der Waals surface area (Å²) in [6, 6.07) is 11.5. The molecule has 0 aliphatic heterocycles. The summed E-state index contributed by atoms with van der Waals surface area (Å²) < 4.78 is 5.72. The molecule has 4 nitrogen and oxygen atoms in total. The van der Waals surface area contributed by atoms with E-state index in [0.717, 1.165) is 21.3 Å². The Morgan fingerprint density at radius 1 is 1.33 bits per heavy atom. The van der Waals surface area contributed by atoms with Crippen LogP contribution in [0.25, 0.3) is 10.9 Å². The van der Waals surface area contributed by atoms with E-state index >= 15 is 0 Å². The first-order valence-corrected chi connectivity index (χ1v) is 7.26. The normalized spacial score (nSPS) is 10.7. The van der Waals surface area contributed by atoms with Crippen molar-refractivity contribution in [1.29, 1.82) is 0 Å². The van der Waals surface area contributed by atoms with Crippen LogP contribution in [0.2, 0.25) is 0 Å². The zero-order valence-corrected chi connectivity index (χ0v) is 12.2. The van der Waals surface area contributed by atoms with Crippen LogP contribution in [0.5, 0.6) is 5.75 Å². The average Bonchev–Trinajstić information content (AvgIpc) is 2.86. The number of aryl methyl sites for hydroxylation is 1. The highest BCUT2D eigenvalue weighted by Gasteiger charge is 2.15. The number of carboxylic acid groups (broad SMARTS) is 1. The number of ether oxygens (including phenoxy) is 1. The lowest BCUT2D eigenvalue weighted by molar-refractivity contribution is 0.0697. The molecule has 0 saturated heterocycles. The minimum absolute atomic E-state index is 0.242. The van der Waals surface area contributed by atoms with E-state index < -0.39 is 5.97 Å². The van der Waals surface area contributed by atoms with E-state index in [9.17, 15) is 4.79 Å². The van der Waals surface area contributed by atoms with Crippen molar-refractivity contribution in [3.05, 3.63) is 57.9 Å². The van der Waals surface area contributed by atoms with Crippen molar-refractivity contribution in [1.82, 2.24) is 4.98 Å². The van der Waals surface area contributed by atoms with Gasteiger partial charge in [-0.1, -0.05) is 18.2 Å². The van der Waals surface area contributed by atoms with Gasteiger partial charge in [0, 0.05) is 22.0 Å². The van der Waals surface area contributed by atoms with Gasteiger partial charge in [-0.3, -0.25) is 4.98 Å². The summed E-state index contributed by atoms with van der Waals surface area (Å²) in [7, 11) is 0. The molecule has 3 rings (SSSR count). The van der Waals surface area contributed by atoms with E-state index in [0.29, 0.717) is 12.4 Å². The molecular formula is C16H13NO3S. The predicted molar refractivity (Wildman–Crippen MR) is 82.1 cm³/mol. The van der Waals surface area contributed by atoms with Crippen LogP contribution in [0, 0.1) is 6.92 Å². The number of aromatic carboxylic acids is 1. The van der Waals surface area contributed by atoms with E-state index in [1.54, 1.807) is 12.3 Å². The molecule has 0 spiro atoms. The number of rotatable bonds is 4. The lowest BCUT2D eigenvalue weighted by Gasteiger charge is -2.08. The van der Waals surface area contributed by atoms with Crippen molar-refractivity contribution in [3.8, 4) is 5.75 Å². The molecule has 3 aromatic rings. The van der Waals surface area contributed by atoms with E-state index in [1.165, 1.54) is 11.3 Å². The van der Waals surface area contributed by atoms with Gasteiger partial charge in [-0.2, -0.15) is 0 Å². The highest BCUT2D eigenvalue weighted by Crippen LogP contribution is 2.30. The molecule has 0 amide bonds. The molecule has 1 N–H and O–H groups in total. The van der Waals surface area contributed by atoms with Gasteiger partial charge in [-0.15, -0.1) is 11.3 Å². The van der Waals surface area contributed by atoms with Gasteiger partial charge in [0.15, 0.2) is 4.88 Å². The van der Waals surface area contributed by atoms with Crippen molar-refractivity contribution < 1.29 is 14.6 Å². The molecule has 1 aromatic carbocycles. The number of fused-ring (bicyclic) bond motifs is 1. The number of carboxylic acids is 1. The number of aromatic nitrogens is 1. The van der Waals surface area contributed by atoms with Crippen LogP contribution in [0.4, 0.5) is 0 Å². The summed E-state index contributed by atoms with van der Waals surface area (Å²) in [6.45, 7) is 2.19. The smallest absolute Gasteiger partial charge is 0.349 e. The summed E-state index contributed by atoms with van der Waals surface area (Å²) in [5, 5.41) is 10.2. The first kappa shape index (κ1) is 13.6. The van der Waals surface area contributed by atoms with Crippen LogP contribution in [-0.2, 0) is 6.61 Å². The first-order valence-electron chi connectivity index (χ1n) is 6.44. The maximum absolute atomic E-state index is 11.2. The highest BCUT2D eigenvalue weighted by atomic mass is 32.1. The molecule has 0 aliphatic rings. The molecule has 2 aromatic heterocycles. The number of nitrogens with zero attached hydrogens (tertiary/aromatic N) is 1. The zero-order chi connectivity index (χ0) is 14.8. The Labute approximate surface area is 125 Å². The van der Waals surface area contributed by atoms with Crippen molar-refractivity contribution in [2.45, 2.75) is 13.5 Å². The lowest BCUT2D eigenvalue weighted by Crippen LogP contribution is -2.01. The Morgan fingerprint density at radius 3 is 2.95 bits per heavy atom. The molecule has 5 heteroatoms. The summed E-state index contributed by atoms with van der Waals surface area (Å²) >= 11 is 1.22. The van der Waals surface area contributed by atoms with Crippen LogP contribution in [0.1, 0.15) is 20.1 Å². The Bertz CT molecular complexity index is 805. The molecule has 0 unspecified atom stereocenters. The average molecular weight is 299 g/mol. The van der Waals surface area contributed by atoms with E-state index in [2.05, 4.69) is 4.98 Å². The van der Waals surface area contributed by atoms with Gasteiger partial charge in [-0.25, -0.2) is 4.79 Å². The molecular weight excluding hydrogens is 286 g/mol. The SMILES string of the molecule is Cc1cc(OCc2ccnc3ccccc23)c(C(=O)O)s1. The fourth-order valence-electron chi connectivity index (χ4n) is 2.18. The third kappa shape index (κ3) is 2.73. The molecule has 0 saturated carbocycles. The van der Waals surface area contributed by atoms with Crippen molar-refractivity contribution in [2.75, 3.05) is 0 Å². The summed E-state index contributed by atoms with van der Waals surface area (Å²) in [5.74, 6) is -0.534. The minimum Gasteiger partial charge on any atom is -0.487 e. The minimum atomic E-state index is -0.956. The maximum atomic E-state index is 11.2. The van der Waals surface area contributed by atoms with Gasteiger partial charge in [0.1, 0.15) is 12.4 Å². The maximum Gasteiger partial charge on any atom is 0.349 e. The largest absolute Gasteiger partial charge is 0.487 e. The number of hydrogen-bond acceptors (Lipinski definition) is 4. The second-order valence-corrected chi connectivity index (χ2v) is 5.89.